The summed E-state index contributed by atoms with van der Waals surface area (Å²) in [7, 11) is 0. The third kappa shape index (κ3) is 8.33. The molecule has 4 rings (SSSR count). The molecule has 3 aliphatic heterocycles. The first-order valence-electron chi connectivity index (χ1n) is 10.9. The summed E-state index contributed by atoms with van der Waals surface area (Å²) in [5.74, 6) is 2.19. The van der Waals surface area contributed by atoms with Crippen LogP contribution in [0.5, 0.6) is 0 Å². The molecular formula is C23H36N2O4S2. The van der Waals surface area contributed by atoms with Crippen molar-refractivity contribution in [2.45, 2.75) is 64.1 Å². The van der Waals surface area contributed by atoms with Gasteiger partial charge in [0.1, 0.15) is 11.7 Å². The van der Waals surface area contributed by atoms with E-state index in [2.05, 4.69) is 27.7 Å². The lowest BCUT2D eigenvalue weighted by Gasteiger charge is -2.33. The van der Waals surface area contributed by atoms with Crippen molar-refractivity contribution >= 4 is 35.3 Å². The van der Waals surface area contributed by atoms with E-state index >= 15 is 0 Å². The first-order chi connectivity index (χ1) is 14.8. The van der Waals surface area contributed by atoms with Gasteiger partial charge in [0.05, 0.1) is 24.3 Å². The van der Waals surface area contributed by atoms with E-state index in [9.17, 15) is 9.59 Å². The number of benzene rings is 1. The minimum Gasteiger partial charge on any atom is -0.367 e. The largest absolute Gasteiger partial charge is 0.367 e. The molecule has 0 saturated carbocycles. The zero-order chi connectivity index (χ0) is 22.8. The van der Waals surface area contributed by atoms with E-state index in [1.165, 1.54) is 5.75 Å². The van der Waals surface area contributed by atoms with Gasteiger partial charge in [-0.3, -0.25) is 9.59 Å². The average Bonchev–Trinajstić information content (AvgIpc) is 3.37. The van der Waals surface area contributed by atoms with E-state index in [0.29, 0.717) is 22.6 Å². The summed E-state index contributed by atoms with van der Waals surface area (Å²) < 4.78 is 10.6. The summed E-state index contributed by atoms with van der Waals surface area (Å²) in [6.45, 7) is 12.7. The predicted octanol–water partition coefficient (Wildman–Crippen LogP) is 4.31. The molecule has 3 heterocycles. The lowest BCUT2D eigenvalue weighted by molar-refractivity contribution is -0.129. The van der Waals surface area contributed by atoms with Crippen LogP contribution in [0.2, 0.25) is 0 Å². The highest BCUT2D eigenvalue weighted by Gasteiger charge is 2.29. The Bertz CT molecular complexity index is 683. The summed E-state index contributed by atoms with van der Waals surface area (Å²) in [5, 5.41) is 0.382. The molecule has 0 radical (unpaired) electrons. The zero-order valence-corrected chi connectivity index (χ0v) is 20.9. The molecule has 0 N–H and O–H groups in total. The van der Waals surface area contributed by atoms with Crippen LogP contribution in [0.1, 0.15) is 51.4 Å². The van der Waals surface area contributed by atoms with Crippen LogP contribution in [0.15, 0.2) is 30.3 Å². The maximum absolute atomic E-state index is 12.1. The van der Waals surface area contributed by atoms with Crippen molar-refractivity contribution in [3.05, 3.63) is 35.9 Å². The Morgan fingerprint density at radius 3 is 2.19 bits per heavy atom. The SMILES string of the molecule is CC(C)N1C(=O)CSC1C.CC1OCCCN1C(=O)c1ccccc1.CC1OCCS1. The molecule has 3 aliphatic rings. The van der Waals surface area contributed by atoms with Gasteiger partial charge in [0.15, 0.2) is 0 Å². The molecule has 0 aromatic heterocycles. The molecule has 0 bridgehead atoms. The predicted molar refractivity (Wildman–Crippen MR) is 129 cm³/mol. The number of hydrogen-bond acceptors (Lipinski definition) is 6. The van der Waals surface area contributed by atoms with Gasteiger partial charge < -0.3 is 19.3 Å². The molecule has 31 heavy (non-hydrogen) atoms. The van der Waals surface area contributed by atoms with Gasteiger partial charge in [-0.25, -0.2) is 0 Å². The Hall–Kier alpha value is -1.22. The average molecular weight is 469 g/mol. The monoisotopic (exact) mass is 468 g/mol. The minimum atomic E-state index is -0.105. The number of ether oxygens (including phenoxy) is 2. The zero-order valence-electron chi connectivity index (χ0n) is 19.3. The second-order valence-electron chi connectivity index (χ2n) is 7.80. The second kappa shape index (κ2) is 13.4. The van der Waals surface area contributed by atoms with Gasteiger partial charge in [-0.1, -0.05) is 18.2 Å². The van der Waals surface area contributed by atoms with Crippen LogP contribution in [0, 0.1) is 0 Å². The molecule has 1 aromatic rings. The first-order valence-corrected chi connectivity index (χ1v) is 13.0. The lowest BCUT2D eigenvalue weighted by Crippen LogP contribution is -2.44. The van der Waals surface area contributed by atoms with Crippen molar-refractivity contribution in [3.8, 4) is 0 Å². The van der Waals surface area contributed by atoms with Gasteiger partial charge in [0.2, 0.25) is 5.91 Å². The van der Waals surface area contributed by atoms with Crippen LogP contribution >= 0.6 is 23.5 Å². The van der Waals surface area contributed by atoms with Gasteiger partial charge in [-0.2, -0.15) is 0 Å². The summed E-state index contributed by atoms with van der Waals surface area (Å²) in [6.07, 6.45) is 0.814. The van der Waals surface area contributed by atoms with Crippen molar-refractivity contribution in [1.82, 2.24) is 9.80 Å². The molecule has 3 atom stereocenters. The Labute approximate surface area is 195 Å². The number of nitrogens with zero attached hydrogens (tertiary/aromatic N) is 2. The fourth-order valence-electron chi connectivity index (χ4n) is 3.51. The molecule has 3 saturated heterocycles. The van der Waals surface area contributed by atoms with Crippen LogP contribution in [-0.4, -0.2) is 76.0 Å². The van der Waals surface area contributed by atoms with Crippen molar-refractivity contribution in [2.75, 3.05) is 31.3 Å². The van der Waals surface area contributed by atoms with Gasteiger partial charge in [-0.15, -0.1) is 23.5 Å². The fraction of sp³-hybridized carbons (Fsp3) is 0.652. The van der Waals surface area contributed by atoms with E-state index in [1.54, 1.807) is 16.7 Å². The smallest absolute Gasteiger partial charge is 0.255 e. The standard InChI is InChI=1S/C12H15NO2.C7H13NOS.C4H8OS/c1-10-13(8-5-9-15-10)12(14)11-6-3-2-4-7-11;1-5(2)8-6(3)10-4-7(8)9;1-4-5-2-3-6-4/h2-4,6-7,10H,5,8-9H2,1H3;5-6H,4H2,1-3H3;4H,2-3H2,1H3. The second-order valence-corrected chi connectivity index (χ2v) is 10.5. The summed E-state index contributed by atoms with van der Waals surface area (Å²) in [6, 6.07) is 9.70. The van der Waals surface area contributed by atoms with Crippen LogP contribution < -0.4 is 0 Å². The Balaban J connectivity index is 0.000000183. The Morgan fingerprint density at radius 1 is 1.06 bits per heavy atom. The molecule has 3 unspecified atom stereocenters. The van der Waals surface area contributed by atoms with E-state index in [-0.39, 0.29) is 18.0 Å². The summed E-state index contributed by atoms with van der Waals surface area (Å²) >= 11 is 3.59. The molecule has 0 aliphatic carbocycles. The molecule has 3 fully saturated rings. The molecule has 8 heteroatoms. The highest BCUT2D eigenvalue weighted by Crippen LogP contribution is 2.25. The third-order valence-corrected chi connectivity index (χ3v) is 7.23. The number of carbonyl (C=O) groups excluding carboxylic acids is 2. The maximum atomic E-state index is 12.1. The minimum absolute atomic E-state index is 0.0581. The highest BCUT2D eigenvalue weighted by molar-refractivity contribution is 8.01. The summed E-state index contributed by atoms with van der Waals surface area (Å²) in [4.78, 5) is 26.9. The molecular weight excluding hydrogens is 432 g/mol. The van der Waals surface area contributed by atoms with Crippen molar-refractivity contribution in [3.63, 3.8) is 0 Å². The van der Waals surface area contributed by atoms with Crippen LogP contribution in [0.4, 0.5) is 0 Å². The molecule has 2 amide bonds. The molecule has 1 aromatic carbocycles. The summed E-state index contributed by atoms with van der Waals surface area (Å²) in [5.41, 5.74) is 1.19. The quantitative estimate of drug-likeness (QED) is 0.645. The van der Waals surface area contributed by atoms with Crippen molar-refractivity contribution < 1.29 is 19.1 Å². The topological polar surface area (TPSA) is 59.1 Å². The number of amides is 2. The maximum Gasteiger partial charge on any atom is 0.255 e. The number of thioether (sulfide) groups is 2. The van der Waals surface area contributed by atoms with Crippen LogP contribution in [-0.2, 0) is 14.3 Å². The van der Waals surface area contributed by atoms with Gasteiger partial charge >= 0.3 is 0 Å². The molecule has 6 nitrogen and oxygen atoms in total. The molecule has 174 valence electrons. The van der Waals surface area contributed by atoms with Crippen molar-refractivity contribution in [1.29, 1.82) is 0 Å². The number of carbonyl (C=O) groups is 2. The van der Waals surface area contributed by atoms with Gasteiger partial charge in [0.25, 0.3) is 5.91 Å². The van der Waals surface area contributed by atoms with E-state index in [4.69, 9.17) is 9.47 Å². The lowest BCUT2D eigenvalue weighted by atomic mass is 10.2. The third-order valence-electron chi connectivity index (χ3n) is 5.10. The first kappa shape index (κ1) is 26.0. The Morgan fingerprint density at radius 2 is 1.77 bits per heavy atom. The number of rotatable bonds is 2. The van der Waals surface area contributed by atoms with Gasteiger partial charge in [-0.05, 0) is 53.2 Å². The Kier molecular flexibility index (Phi) is 11.2. The normalized spacial score (nSPS) is 25.6. The van der Waals surface area contributed by atoms with E-state index in [0.717, 1.165) is 31.7 Å². The van der Waals surface area contributed by atoms with Crippen LogP contribution in [0.3, 0.4) is 0 Å². The van der Waals surface area contributed by atoms with Crippen LogP contribution in [0.25, 0.3) is 0 Å². The highest BCUT2D eigenvalue weighted by atomic mass is 32.2. The van der Waals surface area contributed by atoms with Gasteiger partial charge in [0, 0.05) is 23.9 Å². The fourth-order valence-corrected chi connectivity index (χ4v) is 5.28. The molecule has 0 spiro atoms. The number of hydrogen-bond donors (Lipinski definition) is 0. The van der Waals surface area contributed by atoms with E-state index in [1.807, 2.05) is 53.9 Å². The van der Waals surface area contributed by atoms with E-state index < -0.39 is 0 Å². The van der Waals surface area contributed by atoms with Crippen molar-refractivity contribution in [2.24, 2.45) is 0 Å².